The monoisotopic (exact) mass is 214 g/mol. The highest BCUT2D eigenvalue weighted by molar-refractivity contribution is 4.74. The van der Waals surface area contributed by atoms with Crippen LogP contribution in [-0.4, -0.2) is 19.6 Å². The van der Waals surface area contributed by atoms with Crippen molar-refractivity contribution in [2.24, 2.45) is 16.6 Å². The SMILES string of the molecule is CCCC(C)(C)CNCCC(C)(C)CN. The van der Waals surface area contributed by atoms with Crippen molar-refractivity contribution < 1.29 is 0 Å². The molecule has 0 saturated carbocycles. The summed E-state index contributed by atoms with van der Waals surface area (Å²) in [7, 11) is 0. The van der Waals surface area contributed by atoms with Crippen molar-refractivity contribution in [3.63, 3.8) is 0 Å². The quantitative estimate of drug-likeness (QED) is 0.610. The first-order valence-electron chi connectivity index (χ1n) is 6.24. The van der Waals surface area contributed by atoms with Gasteiger partial charge in [-0.3, -0.25) is 0 Å². The van der Waals surface area contributed by atoms with Gasteiger partial charge in [0.1, 0.15) is 0 Å². The molecule has 0 spiro atoms. The molecular weight excluding hydrogens is 184 g/mol. The zero-order valence-corrected chi connectivity index (χ0v) is 11.3. The van der Waals surface area contributed by atoms with Crippen molar-refractivity contribution in [3.8, 4) is 0 Å². The second kappa shape index (κ2) is 6.49. The Morgan fingerprint density at radius 2 is 1.60 bits per heavy atom. The molecule has 0 rings (SSSR count). The van der Waals surface area contributed by atoms with Gasteiger partial charge >= 0.3 is 0 Å². The van der Waals surface area contributed by atoms with E-state index in [4.69, 9.17) is 5.73 Å². The van der Waals surface area contributed by atoms with Crippen LogP contribution in [0.25, 0.3) is 0 Å². The van der Waals surface area contributed by atoms with Crippen molar-refractivity contribution in [2.75, 3.05) is 19.6 Å². The maximum absolute atomic E-state index is 5.69. The van der Waals surface area contributed by atoms with Gasteiger partial charge in [-0.05, 0) is 36.8 Å². The van der Waals surface area contributed by atoms with Gasteiger partial charge in [0.25, 0.3) is 0 Å². The van der Waals surface area contributed by atoms with Crippen LogP contribution in [0.1, 0.15) is 53.9 Å². The number of hydrogen-bond acceptors (Lipinski definition) is 2. The van der Waals surface area contributed by atoms with Crippen LogP contribution in [0, 0.1) is 10.8 Å². The van der Waals surface area contributed by atoms with E-state index in [9.17, 15) is 0 Å². The van der Waals surface area contributed by atoms with Gasteiger partial charge in [-0.1, -0.05) is 41.0 Å². The first-order chi connectivity index (χ1) is 6.83. The Balaban J connectivity index is 3.62. The number of hydrogen-bond donors (Lipinski definition) is 2. The third kappa shape index (κ3) is 7.80. The molecular formula is C13H30N2. The summed E-state index contributed by atoms with van der Waals surface area (Å²) in [6.45, 7) is 14.3. The summed E-state index contributed by atoms with van der Waals surface area (Å²) in [6.07, 6.45) is 3.72. The minimum absolute atomic E-state index is 0.280. The van der Waals surface area contributed by atoms with Gasteiger partial charge in [-0.25, -0.2) is 0 Å². The molecule has 0 saturated heterocycles. The van der Waals surface area contributed by atoms with E-state index < -0.39 is 0 Å². The molecule has 0 aliphatic rings. The maximum Gasteiger partial charge on any atom is 0.000252 e. The lowest BCUT2D eigenvalue weighted by molar-refractivity contribution is 0.288. The summed E-state index contributed by atoms with van der Waals surface area (Å²) in [5.41, 5.74) is 6.41. The predicted octanol–water partition coefficient (Wildman–Crippen LogP) is 2.78. The van der Waals surface area contributed by atoms with Crippen LogP contribution in [0.15, 0.2) is 0 Å². The average Bonchev–Trinajstić information content (AvgIpc) is 2.13. The Morgan fingerprint density at radius 1 is 1.00 bits per heavy atom. The Bertz CT molecular complexity index is 162. The van der Waals surface area contributed by atoms with Crippen LogP contribution < -0.4 is 11.1 Å². The number of nitrogens with two attached hydrogens (primary N) is 1. The summed E-state index contributed by atoms with van der Waals surface area (Å²) < 4.78 is 0. The predicted molar refractivity (Wildman–Crippen MR) is 69.0 cm³/mol. The molecule has 0 amide bonds. The van der Waals surface area contributed by atoms with Crippen molar-refractivity contribution in [2.45, 2.75) is 53.9 Å². The zero-order chi connectivity index (χ0) is 11.9. The zero-order valence-electron chi connectivity index (χ0n) is 11.3. The van der Waals surface area contributed by atoms with E-state index in [0.717, 1.165) is 26.1 Å². The molecule has 3 N–H and O–H groups in total. The third-order valence-electron chi connectivity index (χ3n) is 3.06. The van der Waals surface area contributed by atoms with E-state index in [1.54, 1.807) is 0 Å². The normalized spacial score (nSPS) is 13.2. The van der Waals surface area contributed by atoms with E-state index >= 15 is 0 Å². The summed E-state index contributed by atoms with van der Waals surface area (Å²) in [5, 5.41) is 3.55. The fourth-order valence-corrected chi connectivity index (χ4v) is 1.72. The van der Waals surface area contributed by atoms with E-state index in [0.29, 0.717) is 5.41 Å². The van der Waals surface area contributed by atoms with Gasteiger partial charge in [-0.2, -0.15) is 0 Å². The second-order valence-corrected chi connectivity index (χ2v) is 6.21. The molecule has 0 aromatic carbocycles. The molecule has 0 aromatic heterocycles. The molecule has 0 aliphatic heterocycles. The molecule has 0 atom stereocenters. The molecule has 0 bridgehead atoms. The fraction of sp³-hybridized carbons (Fsp3) is 1.00. The van der Waals surface area contributed by atoms with Gasteiger partial charge in [0.05, 0.1) is 0 Å². The Labute approximate surface area is 96.0 Å². The van der Waals surface area contributed by atoms with Crippen LogP contribution in [0.3, 0.4) is 0 Å². The Hall–Kier alpha value is -0.0800. The molecule has 2 nitrogen and oxygen atoms in total. The fourth-order valence-electron chi connectivity index (χ4n) is 1.72. The molecule has 0 unspecified atom stereocenters. The molecule has 0 fully saturated rings. The largest absolute Gasteiger partial charge is 0.330 e. The lowest BCUT2D eigenvalue weighted by Crippen LogP contribution is -2.33. The molecule has 0 heterocycles. The summed E-state index contributed by atoms with van der Waals surface area (Å²) >= 11 is 0. The van der Waals surface area contributed by atoms with Crippen LogP contribution in [-0.2, 0) is 0 Å². The molecule has 2 heteroatoms. The van der Waals surface area contributed by atoms with Gasteiger partial charge in [0.2, 0.25) is 0 Å². The van der Waals surface area contributed by atoms with E-state index in [1.165, 1.54) is 12.8 Å². The van der Waals surface area contributed by atoms with E-state index in [-0.39, 0.29) is 5.41 Å². The summed E-state index contributed by atoms with van der Waals surface area (Å²) in [5.74, 6) is 0. The Kier molecular flexibility index (Phi) is 6.46. The van der Waals surface area contributed by atoms with Crippen LogP contribution in [0.4, 0.5) is 0 Å². The van der Waals surface area contributed by atoms with Gasteiger partial charge in [0.15, 0.2) is 0 Å². The van der Waals surface area contributed by atoms with Gasteiger partial charge in [-0.15, -0.1) is 0 Å². The Morgan fingerprint density at radius 3 is 2.07 bits per heavy atom. The first-order valence-corrected chi connectivity index (χ1v) is 6.24. The van der Waals surface area contributed by atoms with E-state index in [1.807, 2.05) is 0 Å². The van der Waals surface area contributed by atoms with Crippen molar-refractivity contribution in [1.29, 1.82) is 0 Å². The van der Waals surface area contributed by atoms with Gasteiger partial charge in [0, 0.05) is 6.54 Å². The maximum atomic E-state index is 5.69. The van der Waals surface area contributed by atoms with Crippen molar-refractivity contribution >= 4 is 0 Å². The molecule has 0 aromatic rings. The molecule has 0 aliphatic carbocycles. The van der Waals surface area contributed by atoms with Crippen molar-refractivity contribution in [3.05, 3.63) is 0 Å². The molecule has 15 heavy (non-hydrogen) atoms. The highest BCUT2D eigenvalue weighted by Crippen LogP contribution is 2.21. The number of rotatable bonds is 8. The third-order valence-corrected chi connectivity index (χ3v) is 3.06. The van der Waals surface area contributed by atoms with Crippen LogP contribution >= 0.6 is 0 Å². The standard InChI is InChI=1S/C13H30N2/c1-6-7-13(4,5)11-15-9-8-12(2,3)10-14/h15H,6-11,14H2,1-5H3. The lowest BCUT2D eigenvalue weighted by Gasteiger charge is -2.27. The molecule has 92 valence electrons. The summed E-state index contributed by atoms with van der Waals surface area (Å²) in [6, 6.07) is 0. The van der Waals surface area contributed by atoms with E-state index in [2.05, 4.69) is 39.9 Å². The molecule has 0 radical (unpaired) electrons. The van der Waals surface area contributed by atoms with Crippen molar-refractivity contribution in [1.82, 2.24) is 5.32 Å². The lowest BCUT2D eigenvalue weighted by atomic mass is 9.87. The highest BCUT2D eigenvalue weighted by atomic mass is 14.9. The van der Waals surface area contributed by atoms with Crippen LogP contribution in [0.5, 0.6) is 0 Å². The minimum atomic E-state index is 0.280. The minimum Gasteiger partial charge on any atom is -0.330 e. The number of nitrogens with one attached hydrogen (secondary N) is 1. The topological polar surface area (TPSA) is 38.0 Å². The average molecular weight is 214 g/mol. The van der Waals surface area contributed by atoms with Gasteiger partial charge < -0.3 is 11.1 Å². The first kappa shape index (κ1) is 14.9. The van der Waals surface area contributed by atoms with Crippen LogP contribution in [0.2, 0.25) is 0 Å². The second-order valence-electron chi connectivity index (χ2n) is 6.21. The summed E-state index contributed by atoms with van der Waals surface area (Å²) in [4.78, 5) is 0. The smallest absolute Gasteiger partial charge is 0.000252 e. The highest BCUT2D eigenvalue weighted by Gasteiger charge is 2.18.